The first-order valence-electron chi connectivity index (χ1n) is 6.52. The van der Waals surface area contributed by atoms with Crippen LogP contribution in [0.2, 0.25) is 0 Å². The van der Waals surface area contributed by atoms with Crippen molar-refractivity contribution in [1.82, 2.24) is 15.3 Å². The van der Waals surface area contributed by atoms with E-state index in [1.54, 1.807) is 12.5 Å². The lowest BCUT2D eigenvalue weighted by Gasteiger charge is -2.25. The van der Waals surface area contributed by atoms with Gasteiger partial charge in [-0.1, -0.05) is 19.8 Å². The van der Waals surface area contributed by atoms with E-state index in [1.165, 1.54) is 12.8 Å². The number of H-pyrrole nitrogens is 1. The molecule has 4 nitrogen and oxygen atoms in total. The number of hydrogen-bond donors (Lipinski definition) is 2. The molecule has 0 aliphatic heterocycles. The number of aromatic amines is 1. The van der Waals surface area contributed by atoms with Gasteiger partial charge in [-0.25, -0.2) is 4.98 Å². The van der Waals surface area contributed by atoms with E-state index in [2.05, 4.69) is 22.2 Å². The van der Waals surface area contributed by atoms with Crippen LogP contribution in [0.15, 0.2) is 12.5 Å². The summed E-state index contributed by atoms with van der Waals surface area (Å²) in [6, 6.07) is 0. The molecule has 0 bridgehead atoms. The highest BCUT2D eigenvalue weighted by Crippen LogP contribution is 2.40. The molecule has 1 fully saturated rings. The number of nitrogens with zero attached hydrogens (tertiary/aromatic N) is 1. The zero-order valence-electron chi connectivity index (χ0n) is 10.5. The number of amides is 1. The molecule has 1 aromatic heterocycles. The van der Waals surface area contributed by atoms with Crippen LogP contribution in [0.25, 0.3) is 0 Å². The van der Waals surface area contributed by atoms with Crippen LogP contribution in [0.4, 0.5) is 0 Å². The summed E-state index contributed by atoms with van der Waals surface area (Å²) in [5.41, 5.74) is 0.996. The Kier molecular flexibility index (Phi) is 3.82. The van der Waals surface area contributed by atoms with Crippen LogP contribution in [-0.4, -0.2) is 22.4 Å². The van der Waals surface area contributed by atoms with Crippen molar-refractivity contribution in [3.63, 3.8) is 0 Å². The summed E-state index contributed by atoms with van der Waals surface area (Å²) in [6.07, 6.45) is 9.76. The average Bonchev–Trinajstić information content (AvgIpc) is 3.00. The predicted octanol–water partition coefficient (Wildman–Crippen LogP) is 2.04. The van der Waals surface area contributed by atoms with Crippen molar-refractivity contribution in [3.8, 4) is 0 Å². The summed E-state index contributed by atoms with van der Waals surface area (Å²) >= 11 is 0. The SMILES string of the molecule is CCC1(C(=O)NCCc2cnc[nH]2)CCCC1. The Bertz CT molecular complexity index is 353. The Morgan fingerprint density at radius 2 is 2.29 bits per heavy atom. The van der Waals surface area contributed by atoms with E-state index in [0.717, 1.165) is 31.4 Å². The second kappa shape index (κ2) is 5.34. The van der Waals surface area contributed by atoms with Gasteiger partial charge in [0.2, 0.25) is 5.91 Å². The molecule has 2 rings (SSSR count). The van der Waals surface area contributed by atoms with E-state index < -0.39 is 0 Å². The molecule has 4 heteroatoms. The van der Waals surface area contributed by atoms with Crippen molar-refractivity contribution < 1.29 is 4.79 Å². The first-order chi connectivity index (χ1) is 8.27. The van der Waals surface area contributed by atoms with Gasteiger partial charge in [0.05, 0.1) is 6.33 Å². The molecule has 2 N–H and O–H groups in total. The van der Waals surface area contributed by atoms with Crippen LogP contribution in [0, 0.1) is 5.41 Å². The van der Waals surface area contributed by atoms with Gasteiger partial charge in [0.1, 0.15) is 0 Å². The molecule has 0 aromatic carbocycles. The van der Waals surface area contributed by atoms with E-state index in [-0.39, 0.29) is 11.3 Å². The molecule has 1 amide bonds. The van der Waals surface area contributed by atoms with Gasteiger partial charge in [-0.2, -0.15) is 0 Å². The van der Waals surface area contributed by atoms with Gasteiger partial charge in [-0.15, -0.1) is 0 Å². The second-order valence-electron chi connectivity index (χ2n) is 4.92. The number of rotatable bonds is 5. The van der Waals surface area contributed by atoms with Crippen molar-refractivity contribution in [3.05, 3.63) is 18.2 Å². The van der Waals surface area contributed by atoms with E-state index in [1.807, 2.05) is 0 Å². The largest absolute Gasteiger partial charge is 0.355 e. The third-order valence-electron chi connectivity index (χ3n) is 3.95. The van der Waals surface area contributed by atoms with Crippen LogP contribution >= 0.6 is 0 Å². The Balaban J connectivity index is 1.80. The molecule has 0 saturated heterocycles. The minimum Gasteiger partial charge on any atom is -0.355 e. The molecule has 1 aliphatic rings. The molecule has 1 saturated carbocycles. The molecule has 1 aromatic rings. The van der Waals surface area contributed by atoms with E-state index in [0.29, 0.717) is 6.54 Å². The summed E-state index contributed by atoms with van der Waals surface area (Å²) in [5, 5.41) is 3.07. The topological polar surface area (TPSA) is 57.8 Å². The van der Waals surface area contributed by atoms with Gasteiger partial charge in [-0.3, -0.25) is 4.79 Å². The molecule has 0 radical (unpaired) electrons. The van der Waals surface area contributed by atoms with Crippen molar-refractivity contribution in [2.45, 2.75) is 45.4 Å². The predicted molar refractivity (Wildman–Crippen MR) is 66.5 cm³/mol. The zero-order valence-corrected chi connectivity index (χ0v) is 10.5. The maximum absolute atomic E-state index is 12.2. The van der Waals surface area contributed by atoms with Gasteiger partial charge in [0, 0.05) is 30.3 Å². The van der Waals surface area contributed by atoms with Crippen molar-refractivity contribution in [1.29, 1.82) is 0 Å². The van der Waals surface area contributed by atoms with Gasteiger partial charge in [0.15, 0.2) is 0 Å². The summed E-state index contributed by atoms with van der Waals surface area (Å²) < 4.78 is 0. The fourth-order valence-corrected chi connectivity index (χ4v) is 2.71. The number of carbonyl (C=O) groups excluding carboxylic acids is 1. The average molecular weight is 235 g/mol. The molecule has 1 aliphatic carbocycles. The smallest absolute Gasteiger partial charge is 0.226 e. The quantitative estimate of drug-likeness (QED) is 0.820. The van der Waals surface area contributed by atoms with Gasteiger partial charge in [-0.05, 0) is 19.3 Å². The lowest BCUT2D eigenvalue weighted by atomic mass is 9.82. The number of nitrogens with one attached hydrogen (secondary N) is 2. The zero-order chi connectivity index (χ0) is 12.1. The number of imidazole rings is 1. The first kappa shape index (κ1) is 12.1. The van der Waals surface area contributed by atoms with Crippen LogP contribution in [0.5, 0.6) is 0 Å². The van der Waals surface area contributed by atoms with Gasteiger partial charge in [0.25, 0.3) is 0 Å². The molecule has 0 unspecified atom stereocenters. The fraction of sp³-hybridized carbons (Fsp3) is 0.692. The van der Waals surface area contributed by atoms with Crippen LogP contribution < -0.4 is 5.32 Å². The van der Waals surface area contributed by atoms with E-state index in [4.69, 9.17) is 0 Å². The Morgan fingerprint density at radius 1 is 1.53 bits per heavy atom. The minimum absolute atomic E-state index is 0.0754. The lowest BCUT2D eigenvalue weighted by molar-refractivity contribution is -0.131. The Hall–Kier alpha value is -1.32. The molecule has 94 valence electrons. The molecule has 1 heterocycles. The highest BCUT2D eigenvalue weighted by molar-refractivity contribution is 5.82. The highest BCUT2D eigenvalue weighted by Gasteiger charge is 2.38. The van der Waals surface area contributed by atoms with Crippen molar-refractivity contribution >= 4 is 5.91 Å². The number of carbonyl (C=O) groups is 1. The van der Waals surface area contributed by atoms with Gasteiger partial charge < -0.3 is 10.3 Å². The first-order valence-corrected chi connectivity index (χ1v) is 6.52. The molecule has 0 spiro atoms. The summed E-state index contributed by atoms with van der Waals surface area (Å²) in [7, 11) is 0. The lowest BCUT2D eigenvalue weighted by Crippen LogP contribution is -2.39. The highest BCUT2D eigenvalue weighted by atomic mass is 16.2. The van der Waals surface area contributed by atoms with E-state index in [9.17, 15) is 4.79 Å². The molecular formula is C13H21N3O. The Morgan fingerprint density at radius 3 is 2.88 bits per heavy atom. The molecular weight excluding hydrogens is 214 g/mol. The third-order valence-corrected chi connectivity index (χ3v) is 3.95. The summed E-state index contributed by atoms with van der Waals surface area (Å²) in [5.74, 6) is 0.247. The summed E-state index contributed by atoms with van der Waals surface area (Å²) in [6.45, 7) is 2.82. The number of aromatic nitrogens is 2. The maximum Gasteiger partial charge on any atom is 0.226 e. The van der Waals surface area contributed by atoms with Crippen molar-refractivity contribution in [2.75, 3.05) is 6.54 Å². The monoisotopic (exact) mass is 235 g/mol. The Labute approximate surface area is 102 Å². The van der Waals surface area contributed by atoms with Gasteiger partial charge >= 0.3 is 0 Å². The third kappa shape index (κ3) is 2.68. The molecule has 0 atom stereocenters. The standard InChI is InChI=1S/C13H21N3O/c1-2-13(6-3-4-7-13)12(17)15-8-5-11-9-14-10-16-11/h9-10H,2-8H2,1H3,(H,14,16)(H,15,17). The van der Waals surface area contributed by atoms with Crippen LogP contribution in [0.1, 0.15) is 44.7 Å². The molecule has 17 heavy (non-hydrogen) atoms. The normalized spacial score (nSPS) is 18.2. The van der Waals surface area contributed by atoms with Crippen LogP contribution in [-0.2, 0) is 11.2 Å². The van der Waals surface area contributed by atoms with Crippen LogP contribution in [0.3, 0.4) is 0 Å². The van der Waals surface area contributed by atoms with E-state index >= 15 is 0 Å². The summed E-state index contributed by atoms with van der Waals surface area (Å²) in [4.78, 5) is 19.2. The second-order valence-corrected chi connectivity index (χ2v) is 4.92. The fourth-order valence-electron chi connectivity index (χ4n) is 2.71. The maximum atomic E-state index is 12.2. The van der Waals surface area contributed by atoms with Crippen molar-refractivity contribution in [2.24, 2.45) is 5.41 Å². The minimum atomic E-state index is -0.0754. The number of hydrogen-bond acceptors (Lipinski definition) is 2.